The molecule has 9 heteroatoms. The van der Waals surface area contributed by atoms with Crippen molar-refractivity contribution >= 4 is 57.6 Å². The van der Waals surface area contributed by atoms with Gasteiger partial charge < -0.3 is 15.5 Å². The van der Waals surface area contributed by atoms with Crippen LogP contribution in [0.5, 0.6) is 0 Å². The van der Waals surface area contributed by atoms with E-state index in [9.17, 15) is 9.90 Å². The van der Waals surface area contributed by atoms with Gasteiger partial charge >= 0.3 is 5.97 Å². The van der Waals surface area contributed by atoms with E-state index < -0.39 is 12.1 Å². The number of nitrogens with zero attached hydrogens (tertiary/aromatic N) is 2. The largest absolute Gasteiger partial charge is 0.481 e. The van der Waals surface area contributed by atoms with E-state index >= 15 is 0 Å². The van der Waals surface area contributed by atoms with Gasteiger partial charge in [-0.05, 0) is 6.07 Å². The Balaban J connectivity index is 2.16. The highest BCUT2D eigenvalue weighted by Gasteiger charge is 2.19. The first-order valence-corrected chi connectivity index (χ1v) is 6.71. The molecule has 0 radical (unpaired) electrons. The Morgan fingerprint density at radius 2 is 2.05 bits per heavy atom. The summed E-state index contributed by atoms with van der Waals surface area (Å²) in [5.41, 5.74) is 1.51. The van der Waals surface area contributed by atoms with E-state index in [1.165, 1.54) is 6.07 Å². The van der Waals surface area contributed by atoms with Gasteiger partial charge in [0, 0.05) is 6.54 Å². The smallest absolute Gasteiger partial charge is 0.306 e. The average molecular weight is 322 g/mol. The summed E-state index contributed by atoms with van der Waals surface area (Å²) < 4.78 is 8.12. The lowest BCUT2D eigenvalue weighted by Crippen LogP contribution is -2.22. The number of nitrogens with one attached hydrogen (secondary N) is 1. The number of halogens is 2. The molecule has 0 fully saturated rings. The van der Waals surface area contributed by atoms with Crippen LogP contribution in [0.15, 0.2) is 14.8 Å². The van der Waals surface area contributed by atoms with Gasteiger partial charge in [-0.1, -0.05) is 23.2 Å². The van der Waals surface area contributed by atoms with Crippen LogP contribution in [-0.2, 0) is 16.1 Å². The molecule has 1 aromatic carbocycles. The summed E-state index contributed by atoms with van der Waals surface area (Å²) in [5.74, 6) is -1.07. The zero-order valence-electron chi connectivity index (χ0n) is 9.43. The van der Waals surface area contributed by atoms with Gasteiger partial charge in [-0.3, -0.25) is 4.79 Å². The van der Waals surface area contributed by atoms with Crippen LogP contribution in [0.4, 0.5) is 17.1 Å². The van der Waals surface area contributed by atoms with E-state index in [1.807, 2.05) is 0 Å². The van der Waals surface area contributed by atoms with Gasteiger partial charge in [0.1, 0.15) is 11.4 Å². The lowest BCUT2D eigenvalue weighted by atomic mass is 10.2. The van der Waals surface area contributed by atoms with E-state index in [4.69, 9.17) is 28.3 Å². The molecule has 102 valence electrons. The zero-order valence-corrected chi connectivity index (χ0v) is 11.8. The van der Waals surface area contributed by atoms with Crippen molar-refractivity contribution in [3.05, 3.63) is 16.1 Å². The number of rotatable bonds is 5. The number of aliphatic carboxylic acids is 1. The molecular formula is C10H9Cl2N3O3S. The number of carboxylic acid groups (broad SMARTS) is 1. The van der Waals surface area contributed by atoms with Crippen LogP contribution in [-0.4, -0.2) is 28.8 Å². The fourth-order valence-electron chi connectivity index (χ4n) is 1.54. The fourth-order valence-corrected chi connectivity index (χ4v) is 2.71. The van der Waals surface area contributed by atoms with Gasteiger partial charge in [0.05, 0.1) is 39.6 Å². The Kier molecular flexibility index (Phi) is 4.41. The van der Waals surface area contributed by atoms with Crippen LogP contribution in [0.3, 0.4) is 0 Å². The lowest BCUT2D eigenvalue weighted by Gasteiger charge is -2.14. The summed E-state index contributed by atoms with van der Waals surface area (Å²) in [6.45, 7) is 0.0419. The highest BCUT2D eigenvalue weighted by Crippen LogP contribution is 2.47. The fraction of sp³-hybridized carbons (Fsp3) is 0.300. The van der Waals surface area contributed by atoms with E-state index in [0.717, 1.165) is 11.4 Å². The van der Waals surface area contributed by atoms with Crippen molar-refractivity contribution in [2.75, 3.05) is 11.9 Å². The number of fused-ring (bicyclic) bond motifs is 1. The second-order valence-corrected chi connectivity index (χ2v) is 5.15. The van der Waals surface area contributed by atoms with Crippen LogP contribution in [0, 0.1) is 0 Å². The first-order chi connectivity index (χ1) is 8.99. The quantitative estimate of drug-likeness (QED) is 0.789. The number of carboxylic acids is 1. The first-order valence-electron chi connectivity index (χ1n) is 5.23. The molecule has 0 saturated heterocycles. The predicted octanol–water partition coefficient (Wildman–Crippen LogP) is 2.97. The average Bonchev–Trinajstić information content (AvgIpc) is 2.76. The predicted molar refractivity (Wildman–Crippen MR) is 74.8 cm³/mol. The Labute approximate surface area is 122 Å². The Hall–Kier alpha value is -1.15. The monoisotopic (exact) mass is 321 g/mol. The third-order valence-electron chi connectivity index (χ3n) is 2.37. The van der Waals surface area contributed by atoms with Crippen molar-refractivity contribution in [1.29, 1.82) is 0 Å². The summed E-state index contributed by atoms with van der Waals surface area (Å²) in [7, 11) is 0. The summed E-state index contributed by atoms with van der Waals surface area (Å²) >= 11 is 13.0. The molecule has 2 rings (SSSR count). The highest BCUT2D eigenvalue weighted by atomic mass is 35.5. The minimum absolute atomic E-state index is 0.0419. The summed E-state index contributed by atoms with van der Waals surface area (Å²) in [5, 5.41) is 21.7. The van der Waals surface area contributed by atoms with Gasteiger partial charge in [0.15, 0.2) is 0 Å². The van der Waals surface area contributed by atoms with Crippen LogP contribution >= 0.6 is 23.2 Å². The Morgan fingerprint density at radius 1 is 1.37 bits per heavy atom. The van der Waals surface area contributed by atoms with Gasteiger partial charge in [0.25, 0.3) is 0 Å². The van der Waals surface area contributed by atoms with Crippen LogP contribution in [0.2, 0.25) is 10.0 Å². The number of benzene rings is 1. The molecule has 19 heavy (non-hydrogen) atoms. The maximum absolute atomic E-state index is 10.5. The highest BCUT2D eigenvalue weighted by molar-refractivity contribution is 7.58. The molecule has 3 N–H and O–H groups in total. The standard InChI is InChI=1S/C10H9Cl2N3O3S/c11-5-2-6(12)9-10(15-19-14-9)8(5)13-3-4(16)1-7(17)18/h2,4,13,16H,1,3H2,(H,17,18). The number of aliphatic hydroxyl groups excluding tert-OH is 1. The van der Waals surface area contributed by atoms with Crippen molar-refractivity contribution in [2.45, 2.75) is 12.5 Å². The van der Waals surface area contributed by atoms with Crippen molar-refractivity contribution in [3.63, 3.8) is 0 Å². The second kappa shape index (κ2) is 5.87. The van der Waals surface area contributed by atoms with Crippen molar-refractivity contribution in [1.82, 2.24) is 0 Å². The minimum Gasteiger partial charge on any atom is -0.481 e. The van der Waals surface area contributed by atoms with Crippen LogP contribution in [0.25, 0.3) is 0 Å². The summed E-state index contributed by atoms with van der Waals surface area (Å²) in [4.78, 5) is 10.5. The van der Waals surface area contributed by atoms with Crippen LogP contribution < -0.4 is 5.32 Å². The van der Waals surface area contributed by atoms with E-state index in [2.05, 4.69) is 14.0 Å². The minimum atomic E-state index is -1.07. The van der Waals surface area contributed by atoms with Gasteiger partial charge in [0.2, 0.25) is 0 Å². The zero-order chi connectivity index (χ0) is 14.0. The molecule has 1 atom stereocenters. The molecular weight excluding hydrogens is 313 g/mol. The number of anilines is 1. The number of carbonyl (C=O) groups is 1. The summed E-state index contributed by atoms with van der Waals surface area (Å²) in [6.07, 6.45) is -1.37. The normalized spacial score (nSPS) is 13.8. The van der Waals surface area contributed by atoms with Gasteiger partial charge in [-0.15, -0.1) is 0 Å². The molecule has 0 spiro atoms. The van der Waals surface area contributed by atoms with E-state index in [1.54, 1.807) is 0 Å². The Bertz CT molecular complexity index is 602. The van der Waals surface area contributed by atoms with Crippen molar-refractivity contribution in [2.24, 2.45) is 8.73 Å². The molecule has 1 aliphatic heterocycles. The van der Waals surface area contributed by atoms with Crippen molar-refractivity contribution in [3.8, 4) is 0 Å². The molecule has 1 aliphatic rings. The third-order valence-corrected chi connectivity index (χ3v) is 3.48. The number of aliphatic hydroxyl groups is 1. The third kappa shape index (κ3) is 3.24. The van der Waals surface area contributed by atoms with Gasteiger partial charge in [-0.2, -0.15) is 8.73 Å². The Morgan fingerprint density at radius 3 is 2.74 bits per heavy atom. The number of hydrogen-bond acceptors (Lipinski definition) is 5. The lowest BCUT2D eigenvalue weighted by molar-refractivity contribution is -0.138. The first kappa shape index (κ1) is 14.3. The van der Waals surface area contributed by atoms with Crippen molar-refractivity contribution < 1.29 is 15.0 Å². The molecule has 1 aromatic rings. The molecule has 1 unspecified atom stereocenters. The molecule has 0 aliphatic carbocycles. The molecule has 0 saturated carbocycles. The maximum Gasteiger partial charge on any atom is 0.306 e. The van der Waals surface area contributed by atoms with E-state index in [-0.39, 0.29) is 13.0 Å². The number of hydrogen-bond donors (Lipinski definition) is 3. The maximum atomic E-state index is 10.5. The molecule has 0 aromatic heterocycles. The summed E-state index contributed by atoms with van der Waals surface area (Å²) in [6, 6.07) is 1.53. The second-order valence-electron chi connectivity index (χ2n) is 3.81. The topological polar surface area (TPSA) is 94.3 Å². The molecule has 1 heterocycles. The molecule has 0 bridgehead atoms. The van der Waals surface area contributed by atoms with E-state index in [0.29, 0.717) is 27.1 Å². The SMILES string of the molecule is O=C(O)CC(O)CNc1c(Cl)cc(Cl)c2c1N=S=N2. The molecule has 6 nitrogen and oxygen atoms in total. The van der Waals surface area contributed by atoms with Crippen LogP contribution in [0.1, 0.15) is 6.42 Å². The molecule has 0 amide bonds. The van der Waals surface area contributed by atoms with Gasteiger partial charge in [-0.25, -0.2) is 0 Å².